The number of benzene rings is 2. The van der Waals surface area contributed by atoms with Crippen molar-refractivity contribution in [3.8, 4) is 5.69 Å². The Kier molecular flexibility index (Phi) is 4.98. The van der Waals surface area contributed by atoms with Gasteiger partial charge < -0.3 is 4.90 Å². The third-order valence-electron chi connectivity index (χ3n) is 5.90. The van der Waals surface area contributed by atoms with Gasteiger partial charge in [0, 0.05) is 43.8 Å². The van der Waals surface area contributed by atoms with Crippen molar-refractivity contribution in [3.05, 3.63) is 66.7 Å². The van der Waals surface area contributed by atoms with Crippen molar-refractivity contribution in [1.29, 1.82) is 0 Å². The van der Waals surface area contributed by atoms with Gasteiger partial charge in [-0.15, -0.1) is 0 Å². The molecule has 0 amide bonds. The molecule has 0 bridgehead atoms. The van der Waals surface area contributed by atoms with E-state index in [1.54, 1.807) is 34.4 Å². The Hall–Kier alpha value is -3.24. The van der Waals surface area contributed by atoms with E-state index in [1.807, 2.05) is 19.1 Å². The molecule has 2 aromatic carbocycles. The molecule has 0 aliphatic carbocycles. The van der Waals surface area contributed by atoms with Crippen molar-refractivity contribution in [2.45, 2.75) is 18.0 Å². The fourth-order valence-electron chi connectivity index (χ4n) is 4.27. The van der Waals surface area contributed by atoms with Crippen LogP contribution in [0.15, 0.2) is 66.0 Å². The quantitative estimate of drug-likeness (QED) is 0.474. The summed E-state index contributed by atoms with van der Waals surface area (Å²) in [4.78, 5) is 2.19. The third-order valence-corrected chi connectivity index (χ3v) is 7.99. The molecule has 1 fully saturated rings. The van der Waals surface area contributed by atoms with E-state index < -0.39 is 10.0 Å². The smallest absolute Gasteiger partial charge is 0.260 e. The molecule has 1 unspecified atom stereocenters. The number of halogens is 1. The monoisotopic (exact) mass is 454 g/mol. The van der Waals surface area contributed by atoms with Gasteiger partial charge in [0.25, 0.3) is 10.0 Å². The number of hydrogen-bond acceptors (Lipinski definition) is 5. The van der Waals surface area contributed by atoms with Gasteiger partial charge in [0.05, 0.1) is 23.6 Å². The number of aryl methyl sites for hydroxylation is 1. The highest BCUT2D eigenvalue weighted by Crippen LogP contribution is 2.28. The summed E-state index contributed by atoms with van der Waals surface area (Å²) in [5.41, 5.74) is 2.73. The molecule has 1 aliphatic rings. The minimum atomic E-state index is -3.60. The molecule has 1 atom stereocenters. The number of sulfonamides is 1. The second kappa shape index (κ2) is 7.72. The van der Waals surface area contributed by atoms with Crippen molar-refractivity contribution >= 4 is 26.6 Å². The first-order chi connectivity index (χ1) is 15.3. The molecule has 8 nitrogen and oxygen atoms in total. The van der Waals surface area contributed by atoms with Gasteiger partial charge in [-0.3, -0.25) is 4.68 Å². The van der Waals surface area contributed by atoms with E-state index in [0.717, 1.165) is 22.3 Å². The number of nitrogens with zero attached hydrogens (tertiary/aromatic N) is 6. The van der Waals surface area contributed by atoms with Gasteiger partial charge in [-0.05, 0) is 55.5 Å². The Bertz CT molecular complexity index is 1380. The molecule has 0 spiro atoms. The zero-order valence-electron chi connectivity index (χ0n) is 17.8. The fourth-order valence-corrected chi connectivity index (χ4v) is 5.99. The van der Waals surface area contributed by atoms with Crippen LogP contribution in [0, 0.1) is 5.82 Å². The van der Waals surface area contributed by atoms with E-state index >= 15 is 0 Å². The number of piperazine rings is 1. The van der Waals surface area contributed by atoms with E-state index in [1.165, 1.54) is 29.1 Å². The molecule has 2 aromatic heterocycles. The maximum absolute atomic E-state index is 13.3. The lowest BCUT2D eigenvalue weighted by Crippen LogP contribution is -2.54. The van der Waals surface area contributed by atoms with Crippen LogP contribution in [0.25, 0.3) is 16.6 Å². The summed E-state index contributed by atoms with van der Waals surface area (Å²) in [6.07, 6.45) is 3.28. The number of anilines is 1. The molecule has 4 aromatic rings. The fraction of sp³-hybridized carbons (Fsp3) is 0.273. The minimum Gasteiger partial charge on any atom is -0.369 e. The Labute approximate surface area is 185 Å². The highest BCUT2D eigenvalue weighted by Gasteiger charge is 2.35. The first kappa shape index (κ1) is 20.7. The number of fused-ring (bicyclic) bond motifs is 1. The molecule has 0 radical (unpaired) electrons. The molecule has 5 rings (SSSR count). The second-order valence-electron chi connectivity index (χ2n) is 7.98. The Morgan fingerprint density at radius 1 is 1.00 bits per heavy atom. The van der Waals surface area contributed by atoms with Crippen LogP contribution in [0.2, 0.25) is 0 Å². The normalized spacial score (nSPS) is 17.8. The SMILES string of the molecule is CC1CN(c2ccc3c(cnn3-c3ccc(F)cc3)c2)CCN1S(=O)(=O)c1ccnn1C. The van der Waals surface area contributed by atoms with Gasteiger partial charge in [0.1, 0.15) is 5.82 Å². The minimum absolute atomic E-state index is 0.193. The summed E-state index contributed by atoms with van der Waals surface area (Å²) < 4.78 is 44.1. The van der Waals surface area contributed by atoms with Crippen LogP contribution in [0.3, 0.4) is 0 Å². The standard InChI is InChI=1S/C22H23FN6O2S/c1-16-15-27(11-12-28(16)32(30,31)22-9-10-24-26(22)2)20-7-8-21-17(13-20)14-25-29(21)19-5-3-18(23)4-6-19/h3-10,13-14,16H,11-12,15H2,1-2H3. The van der Waals surface area contributed by atoms with Crippen LogP contribution in [0.1, 0.15) is 6.92 Å². The molecule has 32 heavy (non-hydrogen) atoms. The molecular formula is C22H23FN6O2S. The first-order valence-electron chi connectivity index (χ1n) is 10.3. The largest absolute Gasteiger partial charge is 0.369 e. The van der Waals surface area contributed by atoms with Crippen LogP contribution in [0.4, 0.5) is 10.1 Å². The molecule has 3 heterocycles. The van der Waals surface area contributed by atoms with E-state index in [-0.39, 0.29) is 16.9 Å². The van der Waals surface area contributed by atoms with Crippen LogP contribution < -0.4 is 4.90 Å². The van der Waals surface area contributed by atoms with Crippen LogP contribution >= 0.6 is 0 Å². The van der Waals surface area contributed by atoms with Gasteiger partial charge in [-0.1, -0.05) is 0 Å². The lowest BCUT2D eigenvalue weighted by atomic mass is 10.1. The lowest BCUT2D eigenvalue weighted by molar-refractivity contribution is 0.304. The summed E-state index contributed by atoms with van der Waals surface area (Å²) in [6.45, 7) is 3.47. The van der Waals surface area contributed by atoms with Crippen molar-refractivity contribution < 1.29 is 12.8 Å². The molecule has 1 aliphatic heterocycles. The van der Waals surface area contributed by atoms with Crippen molar-refractivity contribution in [1.82, 2.24) is 23.9 Å². The van der Waals surface area contributed by atoms with Gasteiger partial charge in [0.2, 0.25) is 0 Å². The summed E-state index contributed by atoms with van der Waals surface area (Å²) in [5.74, 6) is -0.286. The summed E-state index contributed by atoms with van der Waals surface area (Å²) >= 11 is 0. The molecule has 10 heteroatoms. The van der Waals surface area contributed by atoms with E-state index in [2.05, 4.69) is 21.2 Å². The summed E-state index contributed by atoms with van der Waals surface area (Å²) in [6, 6.07) is 13.6. The average Bonchev–Trinajstić information content (AvgIpc) is 3.40. The third kappa shape index (κ3) is 3.45. The summed E-state index contributed by atoms with van der Waals surface area (Å²) in [5, 5.41) is 9.62. The van der Waals surface area contributed by atoms with Crippen molar-refractivity contribution in [2.24, 2.45) is 7.05 Å². The molecule has 0 saturated carbocycles. The maximum Gasteiger partial charge on any atom is 0.260 e. The zero-order valence-corrected chi connectivity index (χ0v) is 18.6. The predicted molar refractivity (Wildman–Crippen MR) is 120 cm³/mol. The van der Waals surface area contributed by atoms with E-state index in [4.69, 9.17) is 0 Å². The van der Waals surface area contributed by atoms with Crippen molar-refractivity contribution in [3.63, 3.8) is 0 Å². The van der Waals surface area contributed by atoms with Crippen LogP contribution in [-0.2, 0) is 17.1 Å². The van der Waals surface area contributed by atoms with Crippen LogP contribution in [-0.4, -0.2) is 58.0 Å². The lowest BCUT2D eigenvalue weighted by Gasteiger charge is -2.40. The van der Waals surface area contributed by atoms with Crippen LogP contribution in [0.5, 0.6) is 0 Å². The zero-order chi connectivity index (χ0) is 22.5. The topological polar surface area (TPSA) is 76.3 Å². The van der Waals surface area contributed by atoms with Gasteiger partial charge in [-0.2, -0.15) is 14.5 Å². The summed E-state index contributed by atoms with van der Waals surface area (Å²) in [7, 11) is -1.97. The van der Waals surface area contributed by atoms with Gasteiger partial charge >= 0.3 is 0 Å². The average molecular weight is 455 g/mol. The van der Waals surface area contributed by atoms with Gasteiger partial charge in [-0.25, -0.2) is 17.5 Å². The molecular weight excluding hydrogens is 431 g/mol. The number of aromatic nitrogens is 4. The number of hydrogen-bond donors (Lipinski definition) is 0. The molecule has 0 N–H and O–H groups in total. The number of rotatable bonds is 4. The molecule has 1 saturated heterocycles. The Morgan fingerprint density at radius 3 is 2.44 bits per heavy atom. The second-order valence-corrected chi connectivity index (χ2v) is 9.82. The highest BCUT2D eigenvalue weighted by molar-refractivity contribution is 7.89. The first-order valence-corrected chi connectivity index (χ1v) is 11.8. The maximum atomic E-state index is 13.3. The highest BCUT2D eigenvalue weighted by atomic mass is 32.2. The molecule has 166 valence electrons. The Morgan fingerprint density at radius 2 is 1.75 bits per heavy atom. The van der Waals surface area contributed by atoms with Gasteiger partial charge in [0.15, 0.2) is 5.03 Å². The van der Waals surface area contributed by atoms with E-state index in [0.29, 0.717) is 19.6 Å². The van der Waals surface area contributed by atoms with Crippen molar-refractivity contribution in [2.75, 3.05) is 24.5 Å². The predicted octanol–water partition coefficient (Wildman–Crippen LogP) is 2.80. The van der Waals surface area contributed by atoms with E-state index in [9.17, 15) is 12.8 Å². The Balaban J connectivity index is 1.38.